The first-order valence-electron chi connectivity index (χ1n) is 10.2. The highest BCUT2D eigenvalue weighted by Gasteiger charge is 2.15. The number of nitrogens with zero attached hydrogens (tertiary/aromatic N) is 1. The van der Waals surface area contributed by atoms with E-state index in [0.29, 0.717) is 51.2 Å². The minimum absolute atomic E-state index is 0.106. The smallest absolute Gasteiger partial charge is 0.266 e. The third kappa shape index (κ3) is 6.13. The number of amides is 1. The molecule has 4 nitrogen and oxygen atoms in total. The van der Waals surface area contributed by atoms with Crippen LogP contribution in [0.15, 0.2) is 60.2 Å². The minimum Gasteiger partial charge on any atom is -0.494 e. The molecule has 0 aliphatic rings. The zero-order valence-electron chi connectivity index (χ0n) is 18.1. The molecule has 0 aliphatic heterocycles. The zero-order chi connectivity index (χ0) is 24.0. The van der Waals surface area contributed by atoms with E-state index in [1.54, 1.807) is 49.4 Å². The fraction of sp³-hybridized carbons (Fsp3) is 0.154. The van der Waals surface area contributed by atoms with E-state index in [0.717, 1.165) is 5.56 Å². The second-order valence-electron chi connectivity index (χ2n) is 7.26. The van der Waals surface area contributed by atoms with Crippen molar-refractivity contribution in [1.29, 1.82) is 5.26 Å². The number of ether oxygens (including phenoxy) is 1. The highest BCUT2D eigenvalue weighted by molar-refractivity contribution is 6.32. The Kier molecular flexibility index (Phi) is 8.11. The molecule has 0 atom stereocenters. The zero-order valence-corrected chi connectivity index (χ0v) is 19.6. The standard InChI is InChI=1S/C26H21Cl2FN2O2/c1-3-33-25-14-18(13-23(28)21(25)12-17-6-4-7-20(29)11-17)10-19(15-30)26(32)31-24-9-5-8-22(27)16(24)2/h4-11,13-14H,3,12H2,1-2H3,(H,31,32)/b19-10+. The topological polar surface area (TPSA) is 62.1 Å². The van der Waals surface area contributed by atoms with Gasteiger partial charge in [-0.2, -0.15) is 5.26 Å². The van der Waals surface area contributed by atoms with Crippen molar-refractivity contribution < 1.29 is 13.9 Å². The van der Waals surface area contributed by atoms with Crippen LogP contribution in [0, 0.1) is 24.1 Å². The average Bonchev–Trinajstić information content (AvgIpc) is 2.77. The molecule has 0 unspecified atom stereocenters. The molecule has 0 saturated carbocycles. The van der Waals surface area contributed by atoms with Gasteiger partial charge >= 0.3 is 0 Å². The predicted octanol–water partition coefficient (Wildman–Crippen LogP) is 6.98. The summed E-state index contributed by atoms with van der Waals surface area (Å²) in [5.74, 6) is -0.398. The lowest BCUT2D eigenvalue weighted by molar-refractivity contribution is -0.112. The van der Waals surface area contributed by atoms with E-state index in [1.807, 2.05) is 13.0 Å². The Balaban J connectivity index is 1.93. The van der Waals surface area contributed by atoms with Gasteiger partial charge in [0.05, 0.1) is 6.61 Å². The summed E-state index contributed by atoms with van der Waals surface area (Å²) in [6.45, 7) is 4.00. The van der Waals surface area contributed by atoms with Crippen LogP contribution >= 0.6 is 23.2 Å². The molecule has 1 amide bonds. The van der Waals surface area contributed by atoms with Crippen LogP contribution in [0.1, 0.15) is 29.2 Å². The monoisotopic (exact) mass is 482 g/mol. The molecule has 0 aliphatic carbocycles. The van der Waals surface area contributed by atoms with Gasteiger partial charge in [-0.15, -0.1) is 0 Å². The van der Waals surface area contributed by atoms with Gasteiger partial charge in [-0.25, -0.2) is 4.39 Å². The number of benzene rings is 3. The van der Waals surface area contributed by atoms with E-state index < -0.39 is 5.91 Å². The van der Waals surface area contributed by atoms with Gasteiger partial charge in [-0.3, -0.25) is 4.79 Å². The maximum Gasteiger partial charge on any atom is 0.266 e. The summed E-state index contributed by atoms with van der Waals surface area (Å²) in [6.07, 6.45) is 1.81. The summed E-state index contributed by atoms with van der Waals surface area (Å²) in [5.41, 5.74) is 3.08. The SMILES string of the molecule is CCOc1cc(/C=C(\C#N)C(=O)Nc2cccc(Cl)c2C)cc(Cl)c1Cc1cccc(F)c1. The minimum atomic E-state index is -0.569. The van der Waals surface area contributed by atoms with E-state index in [2.05, 4.69) is 5.32 Å². The average molecular weight is 483 g/mol. The molecular formula is C26H21Cl2FN2O2. The normalized spacial score (nSPS) is 11.1. The van der Waals surface area contributed by atoms with Gasteiger partial charge in [-0.05, 0) is 73.0 Å². The van der Waals surface area contributed by atoms with Crippen LogP contribution in [-0.2, 0) is 11.2 Å². The Morgan fingerprint density at radius 1 is 1.15 bits per heavy atom. The van der Waals surface area contributed by atoms with Crippen molar-refractivity contribution in [1.82, 2.24) is 0 Å². The number of rotatable bonds is 7. The molecule has 168 valence electrons. The molecule has 0 spiro atoms. The van der Waals surface area contributed by atoms with E-state index in [4.69, 9.17) is 27.9 Å². The third-order valence-corrected chi connectivity index (χ3v) is 5.69. The number of halogens is 3. The quantitative estimate of drug-likeness (QED) is 0.292. The van der Waals surface area contributed by atoms with Crippen LogP contribution in [0.4, 0.5) is 10.1 Å². The number of carbonyl (C=O) groups excluding carboxylic acids is 1. The number of anilines is 1. The van der Waals surface area contributed by atoms with Gasteiger partial charge in [0.15, 0.2) is 0 Å². The summed E-state index contributed by atoms with van der Waals surface area (Å²) in [7, 11) is 0. The lowest BCUT2D eigenvalue weighted by Gasteiger charge is -2.14. The fourth-order valence-electron chi connectivity index (χ4n) is 3.27. The van der Waals surface area contributed by atoms with Crippen LogP contribution in [0.2, 0.25) is 10.0 Å². The van der Waals surface area contributed by atoms with Gasteiger partial charge in [-0.1, -0.05) is 41.4 Å². The molecule has 3 rings (SSSR count). The Bertz CT molecular complexity index is 1270. The first-order chi connectivity index (χ1) is 15.8. The number of nitriles is 1. The fourth-order valence-corrected chi connectivity index (χ4v) is 3.73. The van der Waals surface area contributed by atoms with Gasteiger partial charge in [0.2, 0.25) is 0 Å². The second kappa shape index (κ2) is 11.0. The molecule has 7 heteroatoms. The van der Waals surface area contributed by atoms with E-state index >= 15 is 0 Å². The Hall–Kier alpha value is -3.33. The molecular weight excluding hydrogens is 462 g/mol. The van der Waals surface area contributed by atoms with Crippen molar-refractivity contribution in [2.24, 2.45) is 0 Å². The van der Waals surface area contributed by atoms with E-state index in [9.17, 15) is 14.4 Å². The Labute approximate surface area is 202 Å². The number of carbonyl (C=O) groups is 1. The van der Waals surface area contributed by atoms with Crippen molar-refractivity contribution in [3.63, 3.8) is 0 Å². The van der Waals surface area contributed by atoms with Gasteiger partial charge in [0.25, 0.3) is 5.91 Å². The Morgan fingerprint density at radius 3 is 2.61 bits per heavy atom. The summed E-state index contributed by atoms with van der Waals surface area (Å²) < 4.78 is 19.4. The maximum atomic E-state index is 13.6. The molecule has 0 aromatic heterocycles. The summed E-state index contributed by atoms with van der Waals surface area (Å²) >= 11 is 12.6. The summed E-state index contributed by atoms with van der Waals surface area (Å²) in [4.78, 5) is 12.7. The number of nitrogens with one attached hydrogen (secondary N) is 1. The van der Waals surface area contributed by atoms with Crippen LogP contribution < -0.4 is 10.1 Å². The van der Waals surface area contributed by atoms with Crippen molar-refractivity contribution in [3.8, 4) is 11.8 Å². The van der Waals surface area contributed by atoms with Crippen molar-refractivity contribution in [2.75, 3.05) is 11.9 Å². The number of hydrogen-bond acceptors (Lipinski definition) is 3. The molecule has 3 aromatic carbocycles. The summed E-state index contributed by atoms with van der Waals surface area (Å²) in [5, 5.41) is 13.2. The van der Waals surface area contributed by atoms with E-state index in [-0.39, 0.29) is 11.4 Å². The maximum absolute atomic E-state index is 13.6. The lowest BCUT2D eigenvalue weighted by Crippen LogP contribution is -2.14. The van der Waals surface area contributed by atoms with Gasteiger partial charge < -0.3 is 10.1 Å². The molecule has 0 heterocycles. The van der Waals surface area contributed by atoms with Crippen molar-refractivity contribution >= 4 is 40.9 Å². The van der Waals surface area contributed by atoms with Crippen LogP contribution in [-0.4, -0.2) is 12.5 Å². The molecule has 0 saturated heterocycles. The third-order valence-electron chi connectivity index (χ3n) is 4.94. The molecule has 3 aromatic rings. The Morgan fingerprint density at radius 2 is 1.91 bits per heavy atom. The first kappa shape index (κ1) is 24.3. The van der Waals surface area contributed by atoms with Gasteiger partial charge in [0.1, 0.15) is 23.2 Å². The van der Waals surface area contributed by atoms with Crippen molar-refractivity contribution in [3.05, 3.63) is 98.3 Å². The number of hydrogen-bond donors (Lipinski definition) is 1. The molecule has 33 heavy (non-hydrogen) atoms. The molecule has 1 N–H and O–H groups in total. The first-order valence-corrected chi connectivity index (χ1v) is 11.0. The largest absolute Gasteiger partial charge is 0.494 e. The lowest BCUT2D eigenvalue weighted by atomic mass is 10.0. The highest BCUT2D eigenvalue weighted by atomic mass is 35.5. The van der Waals surface area contributed by atoms with Crippen LogP contribution in [0.25, 0.3) is 6.08 Å². The van der Waals surface area contributed by atoms with Crippen LogP contribution in [0.5, 0.6) is 5.75 Å². The highest BCUT2D eigenvalue weighted by Crippen LogP contribution is 2.32. The predicted molar refractivity (Wildman–Crippen MR) is 130 cm³/mol. The molecule has 0 fully saturated rings. The second-order valence-corrected chi connectivity index (χ2v) is 8.07. The van der Waals surface area contributed by atoms with Gasteiger partial charge in [0, 0.05) is 27.7 Å². The van der Waals surface area contributed by atoms with E-state index in [1.165, 1.54) is 18.2 Å². The van der Waals surface area contributed by atoms with Crippen molar-refractivity contribution in [2.45, 2.75) is 20.3 Å². The molecule has 0 radical (unpaired) electrons. The van der Waals surface area contributed by atoms with Crippen LogP contribution in [0.3, 0.4) is 0 Å². The summed E-state index contributed by atoms with van der Waals surface area (Å²) in [6, 6.07) is 16.7. The molecule has 0 bridgehead atoms.